The summed E-state index contributed by atoms with van der Waals surface area (Å²) in [6, 6.07) is 18.1. The Morgan fingerprint density at radius 1 is 0.970 bits per heavy atom. The lowest BCUT2D eigenvalue weighted by atomic mass is 10.2. The van der Waals surface area contributed by atoms with Gasteiger partial charge in [-0.3, -0.25) is 9.46 Å². The van der Waals surface area contributed by atoms with E-state index in [-0.39, 0.29) is 6.04 Å². The van der Waals surface area contributed by atoms with Gasteiger partial charge in [-0.2, -0.15) is 0 Å². The molecule has 0 saturated carbocycles. The van der Waals surface area contributed by atoms with Gasteiger partial charge in [-0.05, 0) is 24.6 Å². The summed E-state index contributed by atoms with van der Waals surface area (Å²) < 4.78 is 35.9. The van der Waals surface area contributed by atoms with E-state index in [4.69, 9.17) is 0 Å². The molecule has 182 valence electrons. The molecule has 1 saturated heterocycles. The van der Waals surface area contributed by atoms with Crippen LogP contribution in [0.15, 0.2) is 59.5 Å². The van der Waals surface area contributed by atoms with Crippen molar-refractivity contribution in [3.63, 3.8) is 0 Å². The molecule has 2 unspecified atom stereocenters. The first-order valence-corrected chi connectivity index (χ1v) is 14.8. The number of nitrogens with zero attached hydrogens (tertiary/aromatic N) is 3. The molecule has 1 heterocycles. The van der Waals surface area contributed by atoms with Crippen molar-refractivity contribution in [3.8, 4) is 0 Å². The molecular weight excluding hydrogens is 451 g/mol. The second-order valence-corrected chi connectivity index (χ2v) is 12.6. The Bertz CT molecular complexity index is 933. The molecular formula is C25H39N4O2PS. The van der Waals surface area contributed by atoms with Crippen LogP contribution in [0.1, 0.15) is 38.8 Å². The summed E-state index contributed by atoms with van der Waals surface area (Å²) in [6.07, 6.45) is 0. The Kier molecular flexibility index (Phi) is 9.45. The van der Waals surface area contributed by atoms with Crippen LogP contribution in [0.25, 0.3) is 0 Å². The minimum absolute atomic E-state index is 0.0617. The largest absolute Gasteiger partial charge is 0.291 e. The standard InChI is InChI=1S/C25H39N4O2PS/c1-6-28(7-2)32(30,29(8-3)9-4)25(26-33(31)23-17-15-21(5)16-18-23)24-20-27(24)19-22-13-11-10-12-14-22/h10-18,24-26H,6-9,19-20H2,1-5H3/t24-,25+,27?,33?/m0/s1. The van der Waals surface area contributed by atoms with Crippen LogP contribution in [0.3, 0.4) is 0 Å². The maximum absolute atomic E-state index is 15.0. The SMILES string of the molecule is CCN(CC)P(=O)([C@@H](NS(=O)c1ccc(C)cc1)[C@@H]1CN1Cc1ccccc1)N(CC)CC. The number of rotatable bonds is 13. The minimum Gasteiger partial charge on any atom is -0.291 e. The fourth-order valence-electron chi connectivity index (χ4n) is 4.49. The van der Waals surface area contributed by atoms with Crippen molar-refractivity contribution >= 4 is 18.4 Å². The molecule has 1 fully saturated rings. The van der Waals surface area contributed by atoms with Gasteiger partial charge in [0.2, 0.25) is 7.44 Å². The third-order valence-corrected chi connectivity index (χ3v) is 11.7. The zero-order chi connectivity index (χ0) is 24.0. The number of benzene rings is 2. The van der Waals surface area contributed by atoms with Crippen molar-refractivity contribution in [2.45, 2.75) is 57.9 Å². The predicted octanol–water partition coefficient (Wildman–Crippen LogP) is 4.69. The Morgan fingerprint density at radius 3 is 2.03 bits per heavy atom. The first-order chi connectivity index (χ1) is 15.9. The Hall–Kier alpha value is -1.34. The van der Waals surface area contributed by atoms with Crippen molar-refractivity contribution in [2.24, 2.45) is 0 Å². The molecule has 1 aliphatic rings. The van der Waals surface area contributed by atoms with Crippen molar-refractivity contribution in [1.82, 2.24) is 19.0 Å². The molecule has 0 bridgehead atoms. The van der Waals surface area contributed by atoms with Gasteiger partial charge in [0.15, 0.2) is 0 Å². The van der Waals surface area contributed by atoms with E-state index in [1.807, 2.05) is 49.4 Å². The molecule has 1 aliphatic heterocycles. The summed E-state index contributed by atoms with van der Waals surface area (Å²) in [5, 5.41) is 0. The van der Waals surface area contributed by atoms with Crippen molar-refractivity contribution in [2.75, 3.05) is 32.7 Å². The highest BCUT2D eigenvalue weighted by molar-refractivity contribution is 7.83. The first-order valence-electron chi connectivity index (χ1n) is 12.0. The highest BCUT2D eigenvalue weighted by Crippen LogP contribution is 2.59. The van der Waals surface area contributed by atoms with E-state index < -0.39 is 24.2 Å². The van der Waals surface area contributed by atoms with Gasteiger partial charge in [0.05, 0.1) is 4.90 Å². The van der Waals surface area contributed by atoms with Crippen LogP contribution in [-0.4, -0.2) is 63.0 Å². The van der Waals surface area contributed by atoms with E-state index >= 15 is 0 Å². The van der Waals surface area contributed by atoms with Crippen molar-refractivity contribution < 1.29 is 8.77 Å². The smallest absolute Gasteiger partial charge is 0.235 e. The molecule has 0 radical (unpaired) electrons. The third-order valence-electron chi connectivity index (χ3n) is 6.45. The number of aryl methyl sites for hydroxylation is 1. The minimum atomic E-state index is -3.05. The lowest BCUT2D eigenvalue weighted by molar-refractivity contribution is 0.339. The van der Waals surface area contributed by atoms with Gasteiger partial charge in [0.25, 0.3) is 0 Å². The van der Waals surface area contributed by atoms with Gasteiger partial charge in [-0.15, -0.1) is 0 Å². The summed E-state index contributed by atoms with van der Waals surface area (Å²) in [5.74, 6) is -0.414. The van der Waals surface area contributed by atoms with Crippen LogP contribution < -0.4 is 4.72 Å². The third kappa shape index (κ3) is 6.02. The van der Waals surface area contributed by atoms with Crippen molar-refractivity contribution in [1.29, 1.82) is 0 Å². The van der Waals surface area contributed by atoms with Gasteiger partial charge in [0.1, 0.15) is 16.8 Å². The van der Waals surface area contributed by atoms with Crippen LogP contribution in [0, 0.1) is 6.92 Å². The molecule has 3 rings (SSSR count). The summed E-state index contributed by atoms with van der Waals surface area (Å²) in [5.41, 5.74) is 2.36. The van der Waals surface area contributed by atoms with Gasteiger partial charge in [-0.25, -0.2) is 18.3 Å². The van der Waals surface area contributed by atoms with Gasteiger partial charge >= 0.3 is 0 Å². The average molecular weight is 491 g/mol. The highest BCUT2D eigenvalue weighted by atomic mass is 32.2. The predicted molar refractivity (Wildman–Crippen MR) is 139 cm³/mol. The summed E-state index contributed by atoms with van der Waals surface area (Å²) >= 11 is 0. The average Bonchev–Trinajstić information content (AvgIpc) is 3.58. The summed E-state index contributed by atoms with van der Waals surface area (Å²) in [4.78, 5) is 3.05. The maximum Gasteiger partial charge on any atom is 0.235 e. The Balaban J connectivity index is 1.95. The van der Waals surface area contributed by atoms with E-state index in [1.54, 1.807) is 0 Å². The molecule has 2 aromatic rings. The number of hydrogen-bond acceptors (Lipinski definition) is 3. The van der Waals surface area contributed by atoms with Gasteiger partial charge in [0, 0.05) is 45.3 Å². The highest BCUT2D eigenvalue weighted by Gasteiger charge is 2.53. The zero-order valence-electron chi connectivity index (χ0n) is 20.6. The normalized spacial score (nSPS) is 20.2. The Labute approximate surface area is 202 Å². The van der Waals surface area contributed by atoms with E-state index in [9.17, 15) is 8.77 Å². The molecule has 0 aromatic heterocycles. The molecule has 33 heavy (non-hydrogen) atoms. The van der Waals surface area contributed by atoms with E-state index in [0.29, 0.717) is 31.1 Å². The molecule has 6 nitrogen and oxygen atoms in total. The molecule has 8 heteroatoms. The summed E-state index contributed by atoms with van der Waals surface area (Å²) in [6.45, 7) is 14.6. The molecule has 0 amide bonds. The summed E-state index contributed by atoms with van der Waals surface area (Å²) in [7, 11) is -4.50. The van der Waals surface area contributed by atoms with E-state index in [2.05, 4.69) is 58.8 Å². The second kappa shape index (κ2) is 11.9. The van der Waals surface area contributed by atoms with Crippen LogP contribution >= 0.6 is 7.44 Å². The number of hydrogen-bond donors (Lipinski definition) is 1. The topological polar surface area (TPSA) is 55.7 Å². The van der Waals surface area contributed by atoms with Crippen LogP contribution in [0.2, 0.25) is 0 Å². The van der Waals surface area contributed by atoms with Crippen molar-refractivity contribution in [3.05, 3.63) is 65.7 Å². The second-order valence-electron chi connectivity index (χ2n) is 8.49. The number of nitrogens with one attached hydrogen (secondary N) is 1. The van der Waals surface area contributed by atoms with Crippen LogP contribution in [-0.2, 0) is 22.1 Å². The molecule has 1 N–H and O–H groups in total. The lowest BCUT2D eigenvalue weighted by Gasteiger charge is -2.42. The molecule has 0 spiro atoms. The van der Waals surface area contributed by atoms with Gasteiger partial charge < -0.3 is 0 Å². The molecule has 2 aromatic carbocycles. The Morgan fingerprint density at radius 2 is 1.52 bits per heavy atom. The lowest BCUT2D eigenvalue weighted by Crippen LogP contribution is -2.47. The first kappa shape index (κ1) is 26.3. The van der Waals surface area contributed by atoms with E-state index in [0.717, 1.165) is 18.7 Å². The molecule has 4 atom stereocenters. The van der Waals surface area contributed by atoms with Crippen LogP contribution in [0.4, 0.5) is 0 Å². The fraction of sp³-hybridized carbons (Fsp3) is 0.520. The fourth-order valence-corrected chi connectivity index (χ4v) is 9.64. The quantitative estimate of drug-likeness (QED) is 0.326. The maximum atomic E-state index is 15.0. The van der Waals surface area contributed by atoms with E-state index in [1.165, 1.54) is 5.56 Å². The molecule has 0 aliphatic carbocycles. The van der Waals surface area contributed by atoms with Crippen LogP contribution in [0.5, 0.6) is 0 Å². The van der Waals surface area contributed by atoms with Gasteiger partial charge in [-0.1, -0.05) is 75.7 Å². The monoisotopic (exact) mass is 490 g/mol. The zero-order valence-corrected chi connectivity index (χ0v) is 22.3.